The van der Waals surface area contributed by atoms with Crippen molar-refractivity contribution in [2.75, 3.05) is 18.0 Å². The van der Waals surface area contributed by atoms with E-state index < -0.39 is 5.97 Å². The molecule has 1 heterocycles. The van der Waals surface area contributed by atoms with Gasteiger partial charge < -0.3 is 10.0 Å². The molecule has 0 spiro atoms. The Hall–Kier alpha value is -1.84. The lowest BCUT2D eigenvalue weighted by molar-refractivity contribution is -0.119. The summed E-state index contributed by atoms with van der Waals surface area (Å²) in [4.78, 5) is 23.9. The van der Waals surface area contributed by atoms with E-state index in [4.69, 9.17) is 5.11 Å². The average Bonchev–Trinajstić information content (AvgIpc) is 2.42. The number of hydrogen-bond donors (Lipinski definition) is 1. The van der Waals surface area contributed by atoms with Crippen LogP contribution in [0.4, 0.5) is 5.69 Å². The Labute approximate surface area is 107 Å². The molecule has 4 nitrogen and oxygen atoms in total. The van der Waals surface area contributed by atoms with Crippen molar-refractivity contribution in [2.24, 2.45) is 0 Å². The number of nitrogens with zero attached hydrogens (tertiary/aromatic N) is 1. The van der Waals surface area contributed by atoms with Gasteiger partial charge >= 0.3 is 5.97 Å². The maximum absolute atomic E-state index is 11.1. The third-order valence-corrected chi connectivity index (χ3v) is 2.80. The summed E-state index contributed by atoms with van der Waals surface area (Å²) in [6, 6.07) is 6.76. The number of rotatable bonds is 2. The minimum absolute atomic E-state index is 0.289. The Morgan fingerprint density at radius 1 is 1.11 bits per heavy atom. The van der Waals surface area contributed by atoms with Gasteiger partial charge in [-0.05, 0) is 24.3 Å². The fourth-order valence-corrected chi connectivity index (χ4v) is 1.83. The van der Waals surface area contributed by atoms with E-state index in [1.807, 2.05) is 13.8 Å². The first-order valence-electron chi connectivity index (χ1n) is 6.27. The molecule has 0 saturated carbocycles. The van der Waals surface area contributed by atoms with E-state index in [-0.39, 0.29) is 5.56 Å². The Morgan fingerprint density at radius 3 is 2.06 bits per heavy atom. The van der Waals surface area contributed by atoms with Crippen LogP contribution in [0.2, 0.25) is 0 Å². The molecule has 0 atom stereocenters. The zero-order valence-corrected chi connectivity index (χ0v) is 10.8. The average molecular weight is 249 g/mol. The second-order valence-corrected chi connectivity index (χ2v) is 3.88. The third-order valence-electron chi connectivity index (χ3n) is 2.80. The van der Waals surface area contributed by atoms with Crippen LogP contribution in [-0.2, 0) is 4.79 Å². The Bertz CT molecular complexity index is 402. The first-order valence-corrected chi connectivity index (χ1v) is 6.27. The summed E-state index contributed by atoms with van der Waals surface area (Å²) in [6.07, 6.45) is 1.17. The lowest BCUT2D eigenvalue weighted by Gasteiger charge is -2.28. The molecule has 1 saturated heterocycles. The van der Waals surface area contributed by atoms with Crippen molar-refractivity contribution in [1.82, 2.24) is 0 Å². The van der Waals surface area contributed by atoms with Gasteiger partial charge in [-0.1, -0.05) is 13.8 Å². The zero-order chi connectivity index (χ0) is 13.5. The highest BCUT2D eigenvalue weighted by Gasteiger charge is 2.16. The first kappa shape index (κ1) is 14.2. The molecule has 1 aromatic carbocycles. The van der Waals surface area contributed by atoms with E-state index in [0.717, 1.165) is 18.8 Å². The third kappa shape index (κ3) is 3.58. The predicted molar refractivity (Wildman–Crippen MR) is 71.2 cm³/mol. The number of hydrogen-bond acceptors (Lipinski definition) is 3. The zero-order valence-electron chi connectivity index (χ0n) is 10.8. The van der Waals surface area contributed by atoms with Crippen LogP contribution in [-0.4, -0.2) is 29.9 Å². The van der Waals surface area contributed by atoms with Gasteiger partial charge in [-0.3, -0.25) is 4.79 Å². The predicted octanol–water partition coefficient (Wildman–Crippen LogP) is 2.58. The lowest BCUT2D eigenvalue weighted by atomic mass is 10.1. The number of anilines is 1. The van der Waals surface area contributed by atoms with Crippen LogP contribution in [0.25, 0.3) is 0 Å². The van der Waals surface area contributed by atoms with E-state index in [1.165, 1.54) is 0 Å². The normalized spacial score (nSPS) is 14.8. The second-order valence-electron chi connectivity index (χ2n) is 3.88. The summed E-state index contributed by atoms with van der Waals surface area (Å²) in [5, 5.41) is 8.76. The van der Waals surface area contributed by atoms with Gasteiger partial charge in [-0.25, -0.2) is 4.79 Å². The van der Waals surface area contributed by atoms with Crippen LogP contribution in [0, 0.1) is 0 Å². The Morgan fingerprint density at radius 2 is 1.61 bits per heavy atom. The van der Waals surface area contributed by atoms with Gasteiger partial charge in [0.25, 0.3) is 0 Å². The van der Waals surface area contributed by atoms with Gasteiger partial charge in [0.2, 0.25) is 0 Å². The number of ketones is 1. The standard InChI is InChI=1S/C12H13NO3.C2H6/c14-11-5-7-13(8-6-11)10-3-1-9(2-4-10)12(15)16;1-2/h1-4H,5-8H2,(H,15,16);1-2H3. The van der Waals surface area contributed by atoms with Crippen LogP contribution in [0.1, 0.15) is 37.0 Å². The topological polar surface area (TPSA) is 57.6 Å². The molecule has 0 aliphatic carbocycles. The van der Waals surface area contributed by atoms with E-state index in [9.17, 15) is 9.59 Å². The molecule has 0 aromatic heterocycles. The van der Waals surface area contributed by atoms with Gasteiger partial charge in [0.05, 0.1) is 5.56 Å². The molecule has 1 aliphatic heterocycles. The molecule has 1 N–H and O–H groups in total. The van der Waals surface area contributed by atoms with E-state index in [2.05, 4.69) is 4.90 Å². The summed E-state index contributed by atoms with van der Waals surface area (Å²) in [6.45, 7) is 5.45. The fourth-order valence-electron chi connectivity index (χ4n) is 1.83. The minimum Gasteiger partial charge on any atom is -0.478 e. The van der Waals surface area contributed by atoms with Crippen molar-refractivity contribution in [1.29, 1.82) is 0 Å². The molecule has 1 fully saturated rings. The van der Waals surface area contributed by atoms with Crippen molar-refractivity contribution >= 4 is 17.4 Å². The smallest absolute Gasteiger partial charge is 0.335 e. The Kier molecular flexibility index (Phi) is 5.36. The van der Waals surface area contributed by atoms with Crippen molar-refractivity contribution < 1.29 is 14.7 Å². The van der Waals surface area contributed by atoms with Gasteiger partial charge in [-0.2, -0.15) is 0 Å². The molecule has 0 amide bonds. The van der Waals surface area contributed by atoms with Crippen LogP contribution in [0.3, 0.4) is 0 Å². The first-order chi connectivity index (χ1) is 8.66. The summed E-state index contributed by atoms with van der Waals surface area (Å²) in [5.41, 5.74) is 1.27. The fraction of sp³-hybridized carbons (Fsp3) is 0.429. The van der Waals surface area contributed by atoms with Crippen molar-refractivity contribution in [2.45, 2.75) is 26.7 Å². The number of carboxylic acid groups (broad SMARTS) is 1. The molecule has 4 heteroatoms. The molecule has 1 aliphatic rings. The molecule has 0 radical (unpaired) electrons. The highest BCUT2D eigenvalue weighted by Crippen LogP contribution is 2.18. The highest BCUT2D eigenvalue weighted by molar-refractivity contribution is 5.88. The van der Waals surface area contributed by atoms with Gasteiger partial charge in [-0.15, -0.1) is 0 Å². The largest absolute Gasteiger partial charge is 0.478 e. The molecular formula is C14H19NO3. The van der Waals surface area contributed by atoms with Crippen molar-refractivity contribution in [3.05, 3.63) is 29.8 Å². The highest BCUT2D eigenvalue weighted by atomic mass is 16.4. The van der Waals surface area contributed by atoms with Crippen LogP contribution >= 0.6 is 0 Å². The number of carbonyl (C=O) groups is 2. The monoisotopic (exact) mass is 249 g/mol. The number of benzene rings is 1. The minimum atomic E-state index is -0.916. The number of Topliss-reactive ketones (excluding diaryl/α,β-unsaturated/α-hetero) is 1. The summed E-state index contributed by atoms with van der Waals surface area (Å²) < 4.78 is 0. The number of piperidine rings is 1. The van der Waals surface area contributed by atoms with E-state index in [1.54, 1.807) is 24.3 Å². The molecule has 98 valence electrons. The van der Waals surface area contributed by atoms with Crippen molar-refractivity contribution in [3.63, 3.8) is 0 Å². The molecule has 0 unspecified atom stereocenters. The summed E-state index contributed by atoms with van der Waals surface area (Å²) >= 11 is 0. The van der Waals surface area contributed by atoms with Crippen molar-refractivity contribution in [3.8, 4) is 0 Å². The van der Waals surface area contributed by atoms with Gasteiger partial charge in [0.1, 0.15) is 5.78 Å². The van der Waals surface area contributed by atoms with Gasteiger partial charge in [0, 0.05) is 31.6 Å². The SMILES string of the molecule is CC.O=C1CCN(c2ccc(C(=O)O)cc2)CC1. The molecule has 0 bridgehead atoms. The number of carboxylic acids is 1. The maximum atomic E-state index is 11.1. The lowest BCUT2D eigenvalue weighted by Crippen LogP contribution is -2.33. The van der Waals surface area contributed by atoms with E-state index in [0.29, 0.717) is 18.6 Å². The van der Waals surface area contributed by atoms with Gasteiger partial charge in [0.15, 0.2) is 0 Å². The number of aromatic carboxylic acids is 1. The van der Waals surface area contributed by atoms with Crippen LogP contribution in [0.5, 0.6) is 0 Å². The van der Waals surface area contributed by atoms with Crippen LogP contribution < -0.4 is 4.90 Å². The quantitative estimate of drug-likeness (QED) is 0.875. The molecular weight excluding hydrogens is 230 g/mol. The summed E-state index contributed by atoms with van der Waals surface area (Å²) in [7, 11) is 0. The maximum Gasteiger partial charge on any atom is 0.335 e. The summed E-state index contributed by atoms with van der Waals surface area (Å²) in [5.74, 6) is -0.612. The van der Waals surface area contributed by atoms with Crippen LogP contribution in [0.15, 0.2) is 24.3 Å². The van der Waals surface area contributed by atoms with E-state index >= 15 is 0 Å². The molecule has 1 aromatic rings. The molecule has 2 rings (SSSR count). The Balaban J connectivity index is 0.000000771. The second kappa shape index (κ2) is 6.79. The number of carbonyl (C=O) groups excluding carboxylic acids is 1. The molecule has 18 heavy (non-hydrogen) atoms.